The van der Waals surface area contributed by atoms with Crippen molar-refractivity contribution in [2.75, 3.05) is 40.6 Å². The minimum Gasteiger partial charge on any atom is -0.480 e. The van der Waals surface area contributed by atoms with Crippen LogP contribution in [-0.2, 0) is 19.0 Å². The van der Waals surface area contributed by atoms with Gasteiger partial charge in [0.2, 0.25) is 0 Å². The molecule has 6 nitrogen and oxygen atoms in total. The van der Waals surface area contributed by atoms with Crippen LogP contribution in [0.5, 0.6) is 0 Å². The molecule has 0 aromatic rings. The number of carbonyl (C=O) groups is 1. The van der Waals surface area contributed by atoms with Gasteiger partial charge in [-0.1, -0.05) is 0 Å². The van der Waals surface area contributed by atoms with Crippen molar-refractivity contribution in [3.8, 4) is 0 Å². The number of hydrogen-bond acceptors (Lipinski definition) is 5. The molecular weight excluding hydrogens is 214 g/mol. The standard InChI is InChI=1S/C10H19NO5/c1-14-5-8(9(12)13)11-6-10(15-2)3-4-16-7-10/h8,11H,3-7H2,1-2H3,(H,12,13). The summed E-state index contributed by atoms with van der Waals surface area (Å²) in [5.41, 5.74) is -0.401. The predicted octanol–water partition coefficient (Wildman–Crippen LogP) is -0.519. The molecule has 0 spiro atoms. The highest BCUT2D eigenvalue weighted by atomic mass is 16.5. The summed E-state index contributed by atoms with van der Waals surface area (Å²) in [5, 5.41) is 11.8. The maximum atomic E-state index is 10.9. The number of ether oxygens (including phenoxy) is 3. The van der Waals surface area contributed by atoms with Crippen LogP contribution in [0.1, 0.15) is 6.42 Å². The molecule has 1 aliphatic rings. The fraction of sp³-hybridized carbons (Fsp3) is 0.900. The Morgan fingerprint density at radius 2 is 2.38 bits per heavy atom. The molecule has 0 bridgehead atoms. The molecule has 2 atom stereocenters. The summed E-state index contributed by atoms with van der Waals surface area (Å²) in [6, 6.07) is -0.711. The van der Waals surface area contributed by atoms with Crippen molar-refractivity contribution >= 4 is 5.97 Å². The van der Waals surface area contributed by atoms with E-state index in [0.29, 0.717) is 19.8 Å². The van der Waals surface area contributed by atoms with E-state index >= 15 is 0 Å². The highest BCUT2D eigenvalue weighted by Gasteiger charge is 2.35. The average Bonchev–Trinajstić information content (AvgIpc) is 2.73. The van der Waals surface area contributed by atoms with Gasteiger partial charge in [-0.15, -0.1) is 0 Å². The Kier molecular flexibility index (Phi) is 5.14. The first-order chi connectivity index (χ1) is 7.63. The molecule has 0 radical (unpaired) electrons. The zero-order valence-corrected chi connectivity index (χ0v) is 9.69. The van der Waals surface area contributed by atoms with Gasteiger partial charge in [-0.2, -0.15) is 0 Å². The molecule has 0 aromatic heterocycles. The number of aliphatic carboxylic acids is 1. The first-order valence-electron chi connectivity index (χ1n) is 5.21. The topological polar surface area (TPSA) is 77.0 Å². The van der Waals surface area contributed by atoms with Crippen molar-refractivity contribution in [3.05, 3.63) is 0 Å². The van der Waals surface area contributed by atoms with E-state index in [0.717, 1.165) is 6.42 Å². The number of carboxylic acid groups (broad SMARTS) is 1. The van der Waals surface area contributed by atoms with E-state index in [1.54, 1.807) is 7.11 Å². The minimum atomic E-state index is -0.924. The van der Waals surface area contributed by atoms with Crippen LogP contribution in [0.15, 0.2) is 0 Å². The number of hydrogen-bond donors (Lipinski definition) is 2. The molecule has 16 heavy (non-hydrogen) atoms. The quantitative estimate of drug-likeness (QED) is 0.616. The maximum absolute atomic E-state index is 10.9. The third-order valence-electron chi connectivity index (χ3n) is 2.80. The lowest BCUT2D eigenvalue weighted by Crippen LogP contribution is -2.50. The largest absolute Gasteiger partial charge is 0.480 e. The molecule has 1 rings (SSSR count). The molecule has 6 heteroatoms. The number of methoxy groups -OCH3 is 2. The van der Waals surface area contributed by atoms with Gasteiger partial charge in [0.1, 0.15) is 11.6 Å². The summed E-state index contributed by atoms with van der Waals surface area (Å²) in [5.74, 6) is -0.924. The van der Waals surface area contributed by atoms with E-state index in [4.69, 9.17) is 19.3 Å². The first kappa shape index (κ1) is 13.4. The molecule has 2 unspecified atom stereocenters. The van der Waals surface area contributed by atoms with E-state index in [-0.39, 0.29) is 6.61 Å². The molecule has 0 aliphatic carbocycles. The molecule has 1 saturated heterocycles. The Bertz CT molecular complexity index is 227. The van der Waals surface area contributed by atoms with Crippen molar-refractivity contribution in [2.45, 2.75) is 18.1 Å². The summed E-state index contributed by atoms with van der Waals surface area (Å²) in [4.78, 5) is 10.9. The van der Waals surface area contributed by atoms with Crippen LogP contribution in [0, 0.1) is 0 Å². The SMILES string of the molecule is COCC(NCC1(OC)CCOC1)C(=O)O. The lowest BCUT2D eigenvalue weighted by atomic mass is 10.0. The first-order valence-corrected chi connectivity index (χ1v) is 5.21. The van der Waals surface area contributed by atoms with Crippen molar-refractivity contribution < 1.29 is 24.1 Å². The van der Waals surface area contributed by atoms with E-state index in [9.17, 15) is 4.79 Å². The van der Waals surface area contributed by atoms with Crippen LogP contribution in [-0.4, -0.2) is 63.3 Å². The van der Waals surface area contributed by atoms with Gasteiger partial charge >= 0.3 is 5.97 Å². The summed E-state index contributed by atoms with van der Waals surface area (Å²) in [7, 11) is 3.09. The second-order valence-electron chi connectivity index (χ2n) is 3.92. The van der Waals surface area contributed by atoms with Crippen LogP contribution < -0.4 is 5.32 Å². The van der Waals surface area contributed by atoms with Gasteiger partial charge in [0.05, 0.1) is 13.2 Å². The van der Waals surface area contributed by atoms with Gasteiger partial charge in [0.15, 0.2) is 0 Å². The molecule has 1 fully saturated rings. The number of rotatable bonds is 7. The predicted molar refractivity (Wildman–Crippen MR) is 56.5 cm³/mol. The lowest BCUT2D eigenvalue weighted by Gasteiger charge is -2.27. The van der Waals surface area contributed by atoms with Crippen LogP contribution in [0.3, 0.4) is 0 Å². The molecule has 94 valence electrons. The van der Waals surface area contributed by atoms with Crippen molar-refractivity contribution in [3.63, 3.8) is 0 Å². The van der Waals surface area contributed by atoms with Gasteiger partial charge in [-0.05, 0) is 0 Å². The minimum absolute atomic E-state index is 0.135. The Morgan fingerprint density at radius 3 is 2.81 bits per heavy atom. The normalized spacial score (nSPS) is 26.9. The summed E-state index contributed by atoms with van der Waals surface area (Å²) in [6.07, 6.45) is 0.774. The van der Waals surface area contributed by atoms with Gasteiger partial charge in [-0.25, -0.2) is 0 Å². The van der Waals surface area contributed by atoms with E-state index in [2.05, 4.69) is 5.32 Å². The molecule has 1 heterocycles. The van der Waals surface area contributed by atoms with Gasteiger partial charge < -0.3 is 19.3 Å². The number of nitrogens with one attached hydrogen (secondary N) is 1. The zero-order valence-electron chi connectivity index (χ0n) is 9.69. The van der Waals surface area contributed by atoms with Gasteiger partial charge in [0.25, 0.3) is 0 Å². The number of carboxylic acids is 1. The third kappa shape index (κ3) is 3.41. The molecule has 2 N–H and O–H groups in total. The average molecular weight is 233 g/mol. The van der Waals surface area contributed by atoms with Crippen molar-refractivity contribution in [1.29, 1.82) is 0 Å². The van der Waals surface area contributed by atoms with Crippen molar-refractivity contribution in [2.24, 2.45) is 0 Å². The Balaban J connectivity index is 2.43. The van der Waals surface area contributed by atoms with Crippen molar-refractivity contribution in [1.82, 2.24) is 5.32 Å². The second-order valence-corrected chi connectivity index (χ2v) is 3.92. The Labute approximate surface area is 94.9 Å². The summed E-state index contributed by atoms with van der Waals surface area (Å²) < 4.78 is 15.5. The lowest BCUT2D eigenvalue weighted by molar-refractivity contribution is -0.141. The van der Waals surface area contributed by atoms with E-state index < -0.39 is 17.6 Å². The van der Waals surface area contributed by atoms with Crippen LogP contribution in [0.25, 0.3) is 0 Å². The molecule has 0 aromatic carbocycles. The monoisotopic (exact) mass is 233 g/mol. The van der Waals surface area contributed by atoms with E-state index in [1.165, 1.54) is 7.11 Å². The Morgan fingerprint density at radius 1 is 1.62 bits per heavy atom. The Hall–Kier alpha value is -0.690. The zero-order chi connectivity index (χ0) is 12.0. The highest BCUT2D eigenvalue weighted by molar-refractivity contribution is 5.73. The van der Waals surface area contributed by atoms with Gasteiger partial charge in [0, 0.05) is 33.8 Å². The van der Waals surface area contributed by atoms with Crippen LogP contribution >= 0.6 is 0 Å². The second kappa shape index (κ2) is 6.15. The fourth-order valence-corrected chi connectivity index (χ4v) is 1.65. The molecular formula is C10H19NO5. The highest BCUT2D eigenvalue weighted by Crippen LogP contribution is 2.21. The summed E-state index contributed by atoms with van der Waals surface area (Å²) in [6.45, 7) is 1.73. The smallest absolute Gasteiger partial charge is 0.323 e. The molecule has 1 aliphatic heterocycles. The van der Waals surface area contributed by atoms with Gasteiger partial charge in [-0.3, -0.25) is 10.1 Å². The fourth-order valence-electron chi connectivity index (χ4n) is 1.65. The maximum Gasteiger partial charge on any atom is 0.323 e. The molecule has 0 saturated carbocycles. The van der Waals surface area contributed by atoms with Crippen LogP contribution in [0.2, 0.25) is 0 Å². The third-order valence-corrected chi connectivity index (χ3v) is 2.80. The summed E-state index contributed by atoms with van der Waals surface area (Å²) >= 11 is 0. The molecule has 0 amide bonds. The van der Waals surface area contributed by atoms with Crippen LogP contribution in [0.4, 0.5) is 0 Å². The van der Waals surface area contributed by atoms with E-state index in [1.807, 2.05) is 0 Å².